The van der Waals surface area contributed by atoms with Crippen molar-refractivity contribution in [3.8, 4) is 57.1 Å². The maximum Gasteiger partial charge on any atom is 0.343 e. The molecule has 46 heavy (non-hydrogen) atoms. The summed E-state index contributed by atoms with van der Waals surface area (Å²) in [6.45, 7) is 0. The van der Waals surface area contributed by atoms with Crippen molar-refractivity contribution in [2.24, 2.45) is 0 Å². The molecule has 0 unspecified atom stereocenters. The Kier molecular flexibility index (Phi) is 7.64. The zero-order chi connectivity index (χ0) is 31.3. The molecule has 10 nitrogen and oxygen atoms in total. The number of nitrogens with zero attached hydrogens (tertiary/aromatic N) is 4. The second-order valence-electron chi connectivity index (χ2n) is 10.1. The van der Waals surface area contributed by atoms with Gasteiger partial charge < -0.3 is 9.47 Å². The van der Waals surface area contributed by atoms with Gasteiger partial charge in [-0.1, -0.05) is 78.9 Å². The van der Waals surface area contributed by atoms with Crippen LogP contribution in [0.1, 0.15) is 20.7 Å². The van der Waals surface area contributed by atoms with Crippen LogP contribution in [0.5, 0.6) is 11.5 Å². The van der Waals surface area contributed by atoms with E-state index < -0.39 is 11.9 Å². The minimum Gasteiger partial charge on any atom is -0.422 e. The number of nitrogens with one attached hydrogen (secondary N) is 2. The first-order valence-electron chi connectivity index (χ1n) is 14.3. The molecule has 10 heteroatoms. The van der Waals surface area contributed by atoms with Gasteiger partial charge in [-0.3, -0.25) is 10.2 Å². The highest BCUT2D eigenvalue weighted by atomic mass is 16.5. The van der Waals surface area contributed by atoms with E-state index in [1.54, 1.807) is 84.9 Å². The summed E-state index contributed by atoms with van der Waals surface area (Å²) in [6, 6.07) is 39.3. The van der Waals surface area contributed by atoms with Gasteiger partial charge in [0, 0.05) is 11.1 Å². The molecule has 7 rings (SSSR count). The molecular weight excluding hydrogens is 580 g/mol. The minimum absolute atomic E-state index is 0.357. The Morgan fingerprint density at radius 3 is 1.35 bits per heavy atom. The van der Waals surface area contributed by atoms with Crippen molar-refractivity contribution in [1.82, 2.24) is 30.4 Å². The van der Waals surface area contributed by atoms with Crippen molar-refractivity contribution < 1.29 is 19.1 Å². The van der Waals surface area contributed by atoms with E-state index in [1.165, 1.54) is 0 Å². The van der Waals surface area contributed by atoms with Crippen LogP contribution in [-0.2, 0) is 0 Å². The first-order valence-corrected chi connectivity index (χ1v) is 14.3. The number of hydrogen-bond donors (Lipinski definition) is 2. The fourth-order valence-corrected chi connectivity index (χ4v) is 4.79. The number of esters is 2. The molecule has 0 aliphatic rings. The van der Waals surface area contributed by atoms with E-state index in [-0.39, 0.29) is 0 Å². The summed E-state index contributed by atoms with van der Waals surface area (Å²) in [7, 11) is 0. The third kappa shape index (κ3) is 5.90. The lowest BCUT2D eigenvalue weighted by Gasteiger charge is -2.08. The molecule has 5 aromatic carbocycles. The summed E-state index contributed by atoms with van der Waals surface area (Å²) >= 11 is 0. The maximum atomic E-state index is 12.7. The normalized spacial score (nSPS) is 10.8. The van der Waals surface area contributed by atoms with E-state index in [1.807, 2.05) is 48.5 Å². The Morgan fingerprint density at radius 1 is 0.478 bits per heavy atom. The van der Waals surface area contributed by atoms with Gasteiger partial charge in [0.15, 0.2) is 23.3 Å². The topological polar surface area (TPSA) is 136 Å². The van der Waals surface area contributed by atoms with E-state index in [0.717, 1.165) is 11.1 Å². The van der Waals surface area contributed by atoms with Crippen LogP contribution >= 0.6 is 0 Å². The molecule has 0 atom stereocenters. The molecule has 2 N–H and O–H groups in total. The lowest BCUT2D eigenvalue weighted by molar-refractivity contribution is 0.0726. The van der Waals surface area contributed by atoms with E-state index in [9.17, 15) is 9.59 Å². The van der Waals surface area contributed by atoms with Gasteiger partial charge >= 0.3 is 11.9 Å². The number of para-hydroxylation sites is 2. The lowest BCUT2D eigenvalue weighted by Crippen LogP contribution is -2.09. The average molecular weight is 605 g/mol. The number of hydrogen-bond acceptors (Lipinski definition) is 8. The highest BCUT2D eigenvalue weighted by Gasteiger charge is 2.18. The summed E-state index contributed by atoms with van der Waals surface area (Å²) in [5, 5.41) is 14.8. The number of benzene rings is 5. The Bertz CT molecular complexity index is 2010. The van der Waals surface area contributed by atoms with Crippen molar-refractivity contribution >= 4 is 11.9 Å². The third-order valence-corrected chi connectivity index (χ3v) is 7.06. The number of ether oxygens (including phenoxy) is 2. The molecule has 0 aliphatic heterocycles. The predicted molar refractivity (Wildman–Crippen MR) is 171 cm³/mol. The van der Waals surface area contributed by atoms with Gasteiger partial charge in [0.05, 0.1) is 22.3 Å². The van der Waals surface area contributed by atoms with Gasteiger partial charge in [-0.15, -0.1) is 0 Å². The van der Waals surface area contributed by atoms with Gasteiger partial charge in [-0.05, 0) is 54.6 Å². The minimum atomic E-state index is -0.469. The van der Waals surface area contributed by atoms with Gasteiger partial charge in [0.1, 0.15) is 11.5 Å². The standard InChI is InChI=1S/C36H24N6O4/c43-35(23-12-3-1-4-13-23)45-29-20-9-7-18-27(29)33-37-31(39-41-33)25-16-11-17-26(22-25)32-38-34(42-40-32)28-19-8-10-21-30(28)46-36(44)24-14-5-2-6-15-24/h1-22H,(H,37,39,41)(H,38,40,42). The summed E-state index contributed by atoms with van der Waals surface area (Å²) in [4.78, 5) is 34.8. The van der Waals surface area contributed by atoms with Crippen LogP contribution in [0.25, 0.3) is 45.6 Å². The number of carbonyl (C=O) groups excluding carboxylic acids is 2. The number of carbonyl (C=O) groups is 2. The van der Waals surface area contributed by atoms with Crippen LogP contribution in [0.2, 0.25) is 0 Å². The average Bonchev–Trinajstić information content (AvgIpc) is 3.81. The molecule has 2 aromatic heterocycles. The molecule has 222 valence electrons. The molecule has 0 saturated heterocycles. The largest absolute Gasteiger partial charge is 0.422 e. The van der Waals surface area contributed by atoms with E-state index in [0.29, 0.717) is 57.1 Å². The van der Waals surface area contributed by atoms with Crippen molar-refractivity contribution in [3.63, 3.8) is 0 Å². The highest BCUT2D eigenvalue weighted by Crippen LogP contribution is 2.32. The first kappa shape index (κ1) is 28.1. The molecule has 0 radical (unpaired) electrons. The fraction of sp³-hybridized carbons (Fsp3) is 0. The smallest absolute Gasteiger partial charge is 0.343 e. The van der Waals surface area contributed by atoms with Crippen LogP contribution in [-0.4, -0.2) is 42.3 Å². The zero-order valence-corrected chi connectivity index (χ0v) is 24.1. The van der Waals surface area contributed by atoms with Crippen LogP contribution in [0.4, 0.5) is 0 Å². The number of aromatic amines is 2. The van der Waals surface area contributed by atoms with Gasteiger partial charge in [-0.25, -0.2) is 19.6 Å². The molecule has 0 aliphatic carbocycles. The van der Waals surface area contributed by atoms with Crippen LogP contribution in [0.15, 0.2) is 133 Å². The predicted octanol–water partition coefficient (Wildman–Crippen LogP) is 7.03. The Morgan fingerprint density at radius 2 is 0.891 bits per heavy atom. The summed E-state index contributed by atoms with van der Waals surface area (Å²) < 4.78 is 11.4. The molecule has 0 saturated carbocycles. The van der Waals surface area contributed by atoms with Crippen LogP contribution < -0.4 is 9.47 Å². The van der Waals surface area contributed by atoms with Crippen molar-refractivity contribution in [2.75, 3.05) is 0 Å². The first-order chi connectivity index (χ1) is 22.6. The van der Waals surface area contributed by atoms with Gasteiger partial charge in [0.2, 0.25) is 0 Å². The number of aromatic nitrogens is 6. The van der Waals surface area contributed by atoms with Crippen LogP contribution in [0, 0.1) is 0 Å². The molecule has 2 heterocycles. The Labute approximate surface area is 262 Å². The maximum absolute atomic E-state index is 12.7. The summed E-state index contributed by atoms with van der Waals surface area (Å²) in [6.07, 6.45) is 0. The second-order valence-corrected chi connectivity index (χ2v) is 10.1. The monoisotopic (exact) mass is 604 g/mol. The van der Waals surface area contributed by atoms with E-state index in [4.69, 9.17) is 9.47 Å². The van der Waals surface area contributed by atoms with Crippen molar-refractivity contribution in [3.05, 3.63) is 145 Å². The number of H-pyrrole nitrogens is 2. The van der Waals surface area contributed by atoms with E-state index in [2.05, 4.69) is 30.4 Å². The third-order valence-electron chi connectivity index (χ3n) is 7.06. The SMILES string of the molecule is O=C(Oc1ccccc1-c1nc(-c2cccc(-c3n[nH]c(-c4ccccc4OC(=O)c4ccccc4)n3)c2)n[nH]1)c1ccccc1. The molecule has 0 amide bonds. The van der Waals surface area contributed by atoms with E-state index >= 15 is 0 Å². The molecule has 0 fully saturated rings. The second kappa shape index (κ2) is 12.5. The number of rotatable bonds is 8. The molecule has 7 aromatic rings. The highest BCUT2D eigenvalue weighted by molar-refractivity contribution is 5.92. The van der Waals surface area contributed by atoms with Crippen LogP contribution in [0.3, 0.4) is 0 Å². The Balaban J connectivity index is 1.12. The van der Waals surface area contributed by atoms with Gasteiger partial charge in [0.25, 0.3) is 0 Å². The summed E-state index contributed by atoms with van der Waals surface area (Å²) in [5.41, 5.74) is 3.52. The molecule has 0 spiro atoms. The zero-order valence-electron chi connectivity index (χ0n) is 24.1. The van der Waals surface area contributed by atoms with Gasteiger partial charge in [-0.2, -0.15) is 10.2 Å². The van der Waals surface area contributed by atoms with Crippen molar-refractivity contribution in [2.45, 2.75) is 0 Å². The summed E-state index contributed by atoms with van der Waals surface area (Å²) in [5.74, 6) is 1.54. The molecular formula is C36H24N6O4. The molecule has 0 bridgehead atoms. The quantitative estimate of drug-likeness (QED) is 0.139. The lowest BCUT2D eigenvalue weighted by atomic mass is 10.1. The van der Waals surface area contributed by atoms with Crippen molar-refractivity contribution in [1.29, 1.82) is 0 Å². The Hall–Kier alpha value is -6.68. The fourth-order valence-electron chi connectivity index (χ4n) is 4.79.